The highest BCUT2D eigenvalue weighted by atomic mass is 16.3. The molecule has 0 unspecified atom stereocenters. The smallest absolute Gasteiger partial charge is 0.143 e. The Morgan fingerprint density at radius 1 is 0.520 bits per heavy atom. The first kappa shape index (κ1) is 29.6. The molecule has 50 heavy (non-hydrogen) atoms. The van der Waals surface area contributed by atoms with Crippen LogP contribution in [0.1, 0.15) is 6.92 Å². The van der Waals surface area contributed by atoms with Crippen LogP contribution in [-0.4, -0.2) is 9.97 Å². The number of furan rings is 1. The van der Waals surface area contributed by atoms with Crippen molar-refractivity contribution in [2.45, 2.75) is 6.92 Å². The van der Waals surface area contributed by atoms with Gasteiger partial charge in [0.05, 0.1) is 22.9 Å². The molecule has 0 atom stereocenters. The van der Waals surface area contributed by atoms with Crippen molar-refractivity contribution in [3.05, 3.63) is 171 Å². The summed E-state index contributed by atoms with van der Waals surface area (Å²) in [5, 5.41) is 9.39. The summed E-state index contributed by atoms with van der Waals surface area (Å²) in [4.78, 5) is 10.1. The van der Waals surface area contributed by atoms with Crippen molar-refractivity contribution >= 4 is 65.3 Å². The molecule has 8 aromatic carbocycles. The van der Waals surface area contributed by atoms with Crippen molar-refractivity contribution in [2.24, 2.45) is 0 Å². The molecule has 0 fully saturated rings. The van der Waals surface area contributed by atoms with Gasteiger partial charge in [-0.05, 0) is 57.3 Å². The number of hydrogen-bond acceptors (Lipinski definition) is 3. The van der Waals surface area contributed by atoms with E-state index in [0.29, 0.717) is 0 Å². The first-order chi connectivity index (χ1) is 24.7. The number of rotatable bonds is 3. The van der Waals surface area contributed by atoms with Crippen LogP contribution in [0.5, 0.6) is 0 Å². The minimum absolute atomic E-state index is 0.863. The fourth-order valence-electron chi connectivity index (χ4n) is 7.26. The molecule has 0 N–H and O–H groups in total. The third-order valence-electron chi connectivity index (χ3n) is 9.50. The quantitative estimate of drug-likeness (QED) is 0.142. The molecule has 2 heterocycles. The van der Waals surface area contributed by atoms with Gasteiger partial charge in [0.25, 0.3) is 0 Å². The maximum Gasteiger partial charge on any atom is 0.143 e. The van der Waals surface area contributed by atoms with E-state index in [9.17, 15) is 0 Å². The maximum atomic E-state index is 6.52. The summed E-state index contributed by atoms with van der Waals surface area (Å²) in [7, 11) is 0. The molecule has 0 spiro atoms. The highest BCUT2D eigenvalue weighted by Gasteiger charge is 2.16. The third kappa shape index (κ3) is 4.83. The Morgan fingerprint density at radius 3 is 1.88 bits per heavy atom. The van der Waals surface area contributed by atoms with Crippen molar-refractivity contribution in [3.63, 3.8) is 0 Å². The lowest BCUT2D eigenvalue weighted by atomic mass is 9.96. The average Bonchev–Trinajstić information content (AvgIpc) is 3.58. The summed E-state index contributed by atoms with van der Waals surface area (Å²) in [6, 6.07) is 53.5. The van der Waals surface area contributed by atoms with Gasteiger partial charge in [-0.15, -0.1) is 6.58 Å². The van der Waals surface area contributed by atoms with E-state index in [0.717, 1.165) is 71.9 Å². The van der Waals surface area contributed by atoms with E-state index < -0.39 is 0 Å². The van der Waals surface area contributed by atoms with Crippen LogP contribution in [0.2, 0.25) is 0 Å². The first-order valence-corrected chi connectivity index (χ1v) is 16.9. The van der Waals surface area contributed by atoms with Crippen LogP contribution in [0, 0.1) is 0 Å². The fourth-order valence-corrected chi connectivity index (χ4v) is 7.26. The number of para-hydroxylation sites is 1. The Hall–Kier alpha value is -6.58. The highest BCUT2D eigenvalue weighted by molar-refractivity contribution is 6.23. The monoisotopic (exact) mass is 640 g/mol. The molecule has 0 aliphatic rings. The summed E-state index contributed by atoms with van der Waals surface area (Å²) < 4.78 is 6.52. The summed E-state index contributed by atoms with van der Waals surface area (Å²) >= 11 is 0. The lowest BCUT2D eigenvalue weighted by molar-refractivity contribution is 0.670. The number of nitrogens with zero attached hydrogens (tertiary/aromatic N) is 2. The zero-order valence-electron chi connectivity index (χ0n) is 27.6. The second kappa shape index (κ2) is 12.1. The summed E-state index contributed by atoms with van der Waals surface area (Å²) in [6.45, 7) is 5.25. The van der Waals surface area contributed by atoms with Crippen molar-refractivity contribution in [3.8, 4) is 33.5 Å². The third-order valence-corrected chi connectivity index (χ3v) is 9.50. The topological polar surface area (TPSA) is 38.9 Å². The molecule has 0 saturated carbocycles. The van der Waals surface area contributed by atoms with Gasteiger partial charge < -0.3 is 4.42 Å². The molecule has 10 rings (SSSR count). The SMILES string of the molecule is C=CC.c1cc(-c2ccc(-c3cnc4c5ccccc5c5ccccc5c4n3)cc2)cc(-c2cccc3c2oc2ccc4ccccc4c23)c1. The van der Waals surface area contributed by atoms with Crippen molar-refractivity contribution in [1.29, 1.82) is 0 Å². The molecule has 0 bridgehead atoms. The van der Waals surface area contributed by atoms with Crippen molar-refractivity contribution in [1.82, 2.24) is 9.97 Å². The molecule has 0 amide bonds. The highest BCUT2D eigenvalue weighted by Crippen LogP contribution is 2.40. The zero-order valence-corrected chi connectivity index (χ0v) is 27.6. The van der Waals surface area contributed by atoms with Gasteiger partial charge in [0.15, 0.2) is 0 Å². The summed E-state index contributed by atoms with van der Waals surface area (Å²) in [5.41, 5.74) is 10.1. The number of allylic oxidation sites excluding steroid dienone is 1. The van der Waals surface area contributed by atoms with Gasteiger partial charge in [0, 0.05) is 32.7 Å². The number of aromatic nitrogens is 2. The van der Waals surface area contributed by atoms with Crippen LogP contribution in [0.25, 0.3) is 98.8 Å². The summed E-state index contributed by atoms with van der Waals surface area (Å²) in [6.07, 6.45) is 3.65. The lowest BCUT2D eigenvalue weighted by Gasteiger charge is -2.11. The van der Waals surface area contributed by atoms with E-state index in [4.69, 9.17) is 14.4 Å². The molecule has 0 saturated heterocycles. The first-order valence-electron chi connectivity index (χ1n) is 16.9. The Labute approximate surface area is 289 Å². The predicted molar refractivity (Wildman–Crippen MR) is 212 cm³/mol. The largest absolute Gasteiger partial charge is 0.455 e. The van der Waals surface area contributed by atoms with Gasteiger partial charge in [-0.3, -0.25) is 4.98 Å². The van der Waals surface area contributed by atoms with Gasteiger partial charge in [0.2, 0.25) is 0 Å². The molecule has 3 nitrogen and oxygen atoms in total. The molecule has 236 valence electrons. The van der Waals surface area contributed by atoms with Gasteiger partial charge in [-0.2, -0.15) is 0 Å². The minimum Gasteiger partial charge on any atom is -0.455 e. The Kier molecular flexibility index (Phi) is 7.18. The molecular weight excluding hydrogens is 609 g/mol. The van der Waals surface area contributed by atoms with E-state index in [-0.39, 0.29) is 0 Å². The molecule has 3 heteroatoms. The van der Waals surface area contributed by atoms with Crippen LogP contribution in [0.15, 0.2) is 175 Å². The van der Waals surface area contributed by atoms with Crippen LogP contribution < -0.4 is 0 Å². The van der Waals surface area contributed by atoms with Crippen LogP contribution in [0.3, 0.4) is 0 Å². The molecule has 10 aromatic rings. The van der Waals surface area contributed by atoms with E-state index in [1.165, 1.54) is 26.9 Å². The van der Waals surface area contributed by atoms with Gasteiger partial charge >= 0.3 is 0 Å². The van der Waals surface area contributed by atoms with E-state index in [1.807, 2.05) is 13.1 Å². The standard InChI is InChI=1S/C44H26N2O.C3H6/c1-2-12-32-28(9-1)23-24-40-41(32)38-18-8-17-33(44(38)47-40)31-11-7-10-30(25-31)27-19-21-29(22-20-27)39-26-45-42-36-15-5-3-13-34(36)35-14-4-6-16-37(35)43(42)46-39;1-3-2/h1-26H;3H,1H2,2H3. The summed E-state index contributed by atoms with van der Waals surface area (Å²) in [5.74, 6) is 0. The van der Waals surface area contributed by atoms with Crippen LogP contribution in [-0.2, 0) is 0 Å². The zero-order chi connectivity index (χ0) is 33.6. The lowest BCUT2D eigenvalue weighted by Crippen LogP contribution is -1.92. The second-order valence-corrected chi connectivity index (χ2v) is 12.6. The predicted octanol–water partition coefficient (Wildman–Crippen LogP) is 13.2. The molecular formula is C47H32N2O. The number of benzene rings is 8. The minimum atomic E-state index is 0.863. The average molecular weight is 641 g/mol. The Bertz CT molecular complexity index is 2860. The van der Waals surface area contributed by atoms with Gasteiger partial charge in [-0.1, -0.05) is 146 Å². The molecule has 0 radical (unpaired) electrons. The molecule has 0 aliphatic heterocycles. The fraction of sp³-hybridized carbons (Fsp3) is 0.0213. The normalized spacial score (nSPS) is 11.4. The van der Waals surface area contributed by atoms with E-state index in [2.05, 4.69) is 158 Å². The number of fused-ring (bicyclic) bond motifs is 11. The molecule has 0 aliphatic carbocycles. The van der Waals surface area contributed by atoms with Crippen LogP contribution >= 0.6 is 0 Å². The van der Waals surface area contributed by atoms with E-state index >= 15 is 0 Å². The van der Waals surface area contributed by atoms with Gasteiger partial charge in [-0.25, -0.2) is 4.98 Å². The van der Waals surface area contributed by atoms with Gasteiger partial charge in [0.1, 0.15) is 11.2 Å². The van der Waals surface area contributed by atoms with E-state index in [1.54, 1.807) is 6.08 Å². The van der Waals surface area contributed by atoms with Crippen molar-refractivity contribution < 1.29 is 4.42 Å². The van der Waals surface area contributed by atoms with Crippen LogP contribution in [0.4, 0.5) is 0 Å². The van der Waals surface area contributed by atoms with Crippen molar-refractivity contribution in [2.75, 3.05) is 0 Å². The second-order valence-electron chi connectivity index (χ2n) is 12.6. The Balaban J connectivity index is 0.00000109. The molecule has 2 aromatic heterocycles. The maximum absolute atomic E-state index is 6.52. The number of hydrogen-bond donors (Lipinski definition) is 0. The Morgan fingerprint density at radius 2 is 1.12 bits per heavy atom.